The van der Waals surface area contributed by atoms with Crippen molar-refractivity contribution in [3.8, 4) is 22.7 Å². The van der Waals surface area contributed by atoms with Crippen LogP contribution in [0.4, 0.5) is 5.82 Å². The lowest BCUT2D eigenvalue weighted by Crippen LogP contribution is -1.96. The fourth-order valence-electron chi connectivity index (χ4n) is 3.44. The van der Waals surface area contributed by atoms with Crippen molar-refractivity contribution in [1.82, 2.24) is 20.0 Å². The van der Waals surface area contributed by atoms with Crippen LogP contribution in [0.2, 0.25) is 0 Å². The van der Waals surface area contributed by atoms with Crippen molar-refractivity contribution in [3.63, 3.8) is 0 Å². The topological polar surface area (TPSA) is 77.2 Å². The van der Waals surface area contributed by atoms with Crippen molar-refractivity contribution in [2.45, 2.75) is 0 Å². The maximum Gasteiger partial charge on any atom is 0.176 e. The van der Waals surface area contributed by atoms with Crippen LogP contribution in [0.3, 0.4) is 0 Å². The van der Waals surface area contributed by atoms with Crippen LogP contribution < -0.4 is 10.2 Å². The molecule has 0 atom stereocenters. The summed E-state index contributed by atoms with van der Waals surface area (Å²) in [6, 6.07) is 25.7. The second kappa shape index (κ2) is 8.69. The molecule has 0 aliphatic heterocycles. The van der Waals surface area contributed by atoms with Crippen LogP contribution >= 0.6 is 0 Å². The molecule has 3 aromatic carbocycles. The summed E-state index contributed by atoms with van der Waals surface area (Å²) in [7, 11) is 1.65. The van der Waals surface area contributed by atoms with Crippen LogP contribution in [0.25, 0.3) is 27.7 Å². The molecule has 0 unspecified atom stereocenters. The third-order valence-corrected chi connectivity index (χ3v) is 5.07. The first kappa shape index (κ1) is 19.4. The van der Waals surface area contributed by atoms with Gasteiger partial charge in [0.25, 0.3) is 0 Å². The predicted molar refractivity (Wildman–Crippen MR) is 126 cm³/mol. The number of nitrogens with one attached hydrogen (secondary N) is 1. The number of benzene rings is 3. The number of aromatic nitrogens is 4. The highest BCUT2D eigenvalue weighted by Crippen LogP contribution is 2.25. The highest BCUT2D eigenvalue weighted by molar-refractivity contribution is 5.92. The van der Waals surface area contributed by atoms with Crippen molar-refractivity contribution in [2.24, 2.45) is 5.10 Å². The molecule has 2 aromatic heterocycles. The van der Waals surface area contributed by atoms with Crippen molar-refractivity contribution >= 4 is 22.8 Å². The van der Waals surface area contributed by atoms with Crippen LogP contribution in [-0.2, 0) is 0 Å². The largest absolute Gasteiger partial charge is 0.497 e. The number of hydrazone groups is 1. The molecule has 5 aromatic rings. The van der Waals surface area contributed by atoms with Gasteiger partial charge in [0.15, 0.2) is 5.82 Å². The minimum absolute atomic E-state index is 0.598. The van der Waals surface area contributed by atoms with E-state index in [4.69, 9.17) is 9.84 Å². The Morgan fingerprint density at radius 2 is 1.72 bits per heavy atom. The highest BCUT2D eigenvalue weighted by Gasteiger charge is 2.11. The molecular formula is C25H20N6O. The molecule has 0 aliphatic carbocycles. The van der Waals surface area contributed by atoms with Crippen LogP contribution in [-0.4, -0.2) is 33.3 Å². The highest BCUT2D eigenvalue weighted by atomic mass is 16.5. The SMILES string of the molecule is COc1ccc(-c2nn(-c3ccccc3)cc2C=NNc2nncc3ccccc23)cc1. The lowest BCUT2D eigenvalue weighted by Gasteiger charge is -2.03. The van der Waals surface area contributed by atoms with Gasteiger partial charge < -0.3 is 4.74 Å². The third-order valence-electron chi connectivity index (χ3n) is 5.07. The van der Waals surface area contributed by atoms with Crippen LogP contribution in [0.5, 0.6) is 5.75 Å². The Bertz CT molecular complexity index is 1370. The van der Waals surface area contributed by atoms with Gasteiger partial charge in [0.2, 0.25) is 0 Å². The van der Waals surface area contributed by atoms with Crippen molar-refractivity contribution in [1.29, 1.82) is 0 Å². The number of hydrogen-bond donors (Lipinski definition) is 1. The molecule has 5 rings (SSSR count). The summed E-state index contributed by atoms with van der Waals surface area (Å²) < 4.78 is 7.13. The number of fused-ring (bicyclic) bond motifs is 1. The Morgan fingerprint density at radius 3 is 2.53 bits per heavy atom. The lowest BCUT2D eigenvalue weighted by molar-refractivity contribution is 0.415. The normalized spacial score (nSPS) is 11.2. The minimum Gasteiger partial charge on any atom is -0.497 e. The smallest absolute Gasteiger partial charge is 0.176 e. The van der Waals surface area contributed by atoms with Gasteiger partial charge in [-0.1, -0.05) is 42.5 Å². The third kappa shape index (κ3) is 3.91. The number of hydrogen-bond acceptors (Lipinski definition) is 6. The van der Waals surface area contributed by atoms with E-state index in [1.165, 1.54) is 0 Å². The van der Waals surface area contributed by atoms with Gasteiger partial charge in [-0.3, -0.25) is 5.43 Å². The molecule has 2 heterocycles. The average molecular weight is 420 g/mol. The van der Waals surface area contributed by atoms with Gasteiger partial charge in [0.05, 0.1) is 25.2 Å². The van der Waals surface area contributed by atoms with Gasteiger partial charge in [-0.15, -0.1) is 5.10 Å². The maximum absolute atomic E-state index is 5.28. The van der Waals surface area contributed by atoms with Gasteiger partial charge in [0, 0.05) is 28.1 Å². The fourth-order valence-corrected chi connectivity index (χ4v) is 3.44. The molecule has 0 radical (unpaired) electrons. The number of nitrogens with zero attached hydrogens (tertiary/aromatic N) is 5. The molecule has 1 N–H and O–H groups in total. The summed E-state index contributed by atoms with van der Waals surface area (Å²) in [4.78, 5) is 0. The molecule has 0 aliphatic rings. The summed E-state index contributed by atoms with van der Waals surface area (Å²) in [6.45, 7) is 0. The molecule has 0 fully saturated rings. The first-order valence-corrected chi connectivity index (χ1v) is 10.1. The Balaban J connectivity index is 1.50. The Hall–Kier alpha value is -4.52. The van der Waals surface area contributed by atoms with Crippen molar-refractivity contribution in [2.75, 3.05) is 12.5 Å². The number of rotatable bonds is 6. The zero-order chi connectivity index (χ0) is 21.8. The van der Waals surface area contributed by atoms with Gasteiger partial charge in [-0.05, 0) is 36.4 Å². The molecule has 0 saturated heterocycles. The molecule has 0 spiro atoms. The molecule has 0 amide bonds. The standard InChI is InChI=1S/C25H20N6O/c1-32-22-13-11-18(12-14-22)24-20(17-31(30-24)21-8-3-2-4-9-21)16-27-29-25-23-10-6-5-7-19(23)15-26-28-25/h2-17H,1H3,(H,28,29). The van der Waals surface area contributed by atoms with E-state index in [-0.39, 0.29) is 0 Å². The monoisotopic (exact) mass is 420 g/mol. The van der Waals surface area contributed by atoms with Gasteiger partial charge in [-0.2, -0.15) is 15.3 Å². The second-order valence-corrected chi connectivity index (χ2v) is 7.09. The van der Waals surface area contributed by atoms with E-state index >= 15 is 0 Å². The molecule has 7 nitrogen and oxygen atoms in total. The Kier molecular flexibility index (Phi) is 5.28. The van der Waals surface area contributed by atoms with Crippen molar-refractivity contribution in [3.05, 3.63) is 96.8 Å². The summed E-state index contributed by atoms with van der Waals surface area (Å²) >= 11 is 0. The Labute approximate surface area is 185 Å². The first-order valence-electron chi connectivity index (χ1n) is 10.1. The van der Waals surface area contributed by atoms with E-state index in [0.29, 0.717) is 5.82 Å². The molecule has 32 heavy (non-hydrogen) atoms. The van der Waals surface area contributed by atoms with Crippen LogP contribution in [0, 0.1) is 0 Å². The van der Waals surface area contributed by atoms with Crippen LogP contribution in [0.1, 0.15) is 5.56 Å². The summed E-state index contributed by atoms with van der Waals surface area (Å²) in [5, 5.41) is 19.4. The fraction of sp³-hybridized carbons (Fsp3) is 0.0400. The second-order valence-electron chi connectivity index (χ2n) is 7.09. The maximum atomic E-state index is 5.28. The van der Waals surface area contributed by atoms with Gasteiger partial charge in [-0.25, -0.2) is 4.68 Å². The average Bonchev–Trinajstić information content (AvgIpc) is 3.29. The number of para-hydroxylation sites is 1. The molecule has 156 valence electrons. The summed E-state index contributed by atoms with van der Waals surface area (Å²) in [5.74, 6) is 1.39. The van der Waals surface area contributed by atoms with Crippen LogP contribution in [0.15, 0.2) is 96.4 Å². The molecule has 0 saturated carbocycles. The molecular weight excluding hydrogens is 400 g/mol. The van der Waals surface area contributed by atoms with Gasteiger partial charge >= 0.3 is 0 Å². The number of ether oxygens (including phenoxy) is 1. The van der Waals surface area contributed by atoms with Crippen molar-refractivity contribution < 1.29 is 4.74 Å². The zero-order valence-corrected chi connectivity index (χ0v) is 17.4. The quantitative estimate of drug-likeness (QED) is 0.311. The number of methoxy groups -OCH3 is 1. The molecule has 0 bridgehead atoms. The zero-order valence-electron chi connectivity index (χ0n) is 17.4. The van der Waals surface area contributed by atoms with E-state index in [1.807, 2.05) is 89.7 Å². The minimum atomic E-state index is 0.598. The van der Waals surface area contributed by atoms with E-state index in [9.17, 15) is 0 Å². The van der Waals surface area contributed by atoms with Gasteiger partial charge in [0.1, 0.15) is 11.4 Å². The summed E-state index contributed by atoms with van der Waals surface area (Å²) in [5.41, 5.74) is 6.63. The lowest BCUT2D eigenvalue weighted by atomic mass is 10.1. The van der Waals surface area contributed by atoms with E-state index in [0.717, 1.165) is 39.0 Å². The predicted octanol–water partition coefficient (Wildman–Crippen LogP) is 4.94. The van der Waals surface area contributed by atoms with E-state index in [2.05, 4.69) is 20.7 Å². The Morgan fingerprint density at radius 1 is 0.938 bits per heavy atom. The van der Waals surface area contributed by atoms with E-state index in [1.54, 1.807) is 19.5 Å². The summed E-state index contributed by atoms with van der Waals surface area (Å²) in [6.07, 6.45) is 5.43. The number of anilines is 1. The van der Waals surface area contributed by atoms with E-state index < -0.39 is 0 Å². The molecule has 7 heteroatoms. The first-order chi connectivity index (χ1) is 15.8.